The average Bonchev–Trinajstić information content (AvgIpc) is 2.88. The van der Waals surface area contributed by atoms with Crippen molar-refractivity contribution in [3.8, 4) is 5.75 Å². The van der Waals surface area contributed by atoms with Crippen LogP contribution in [0.1, 0.15) is 34.5 Å². The first-order chi connectivity index (χ1) is 12.3. The second-order valence-electron chi connectivity index (χ2n) is 6.68. The van der Waals surface area contributed by atoms with Crippen LogP contribution in [0, 0.1) is 20.8 Å². The molecular weight excluding hydrogens is 354 g/mol. The summed E-state index contributed by atoms with van der Waals surface area (Å²) in [5.41, 5.74) is 3.59. The van der Waals surface area contributed by atoms with Crippen molar-refractivity contribution in [2.45, 2.75) is 51.8 Å². The van der Waals surface area contributed by atoms with Gasteiger partial charge in [0.15, 0.2) is 0 Å². The molecule has 7 nitrogen and oxygen atoms in total. The van der Waals surface area contributed by atoms with E-state index in [1.54, 1.807) is 30.8 Å². The molecule has 1 aromatic heterocycles. The molecule has 1 aliphatic heterocycles. The summed E-state index contributed by atoms with van der Waals surface area (Å²) in [5.74, 6) is 0.695. The number of nitrogens with zero attached hydrogens (tertiary/aromatic N) is 3. The highest BCUT2D eigenvalue weighted by molar-refractivity contribution is 7.89. The highest BCUT2D eigenvalue weighted by atomic mass is 32.2. The number of aromatic nitrogens is 2. The van der Waals surface area contributed by atoms with Crippen LogP contribution in [0.2, 0.25) is 0 Å². The maximum absolute atomic E-state index is 13.4. The standard InChI is InChI=1S/C18H25N3O4S/c1-12-8-17(25-4)13(2)14(3)18(12)26(23,24)20-6-5-7-21-16(10-20)9-15(11-22)19-21/h8-9,22H,5-7,10-11H2,1-4H3. The van der Waals surface area contributed by atoms with Crippen LogP contribution in [0.25, 0.3) is 0 Å². The summed E-state index contributed by atoms with van der Waals surface area (Å²) in [5, 5.41) is 13.6. The van der Waals surface area contributed by atoms with Gasteiger partial charge >= 0.3 is 0 Å². The lowest BCUT2D eigenvalue weighted by atomic mass is 10.1. The first-order valence-corrected chi connectivity index (χ1v) is 10.0. The molecule has 8 heteroatoms. The number of fused-ring (bicyclic) bond motifs is 1. The summed E-state index contributed by atoms with van der Waals surface area (Å²) < 4.78 is 35.5. The van der Waals surface area contributed by atoms with Gasteiger partial charge in [-0.05, 0) is 56.0 Å². The molecule has 142 valence electrons. The van der Waals surface area contributed by atoms with E-state index in [1.807, 2.05) is 13.8 Å². The molecular formula is C18H25N3O4S. The Morgan fingerprint density at radius 2 is 1.92 bits per heavy atom. The Kier molecular flexibility index (Phi) is 5.09. The van der Waals surface area contributed by atoms with Crippen molar-refractivity contribution in [3.05, 3.63) is 40.2 Å². The van der Waals surface area contributed by atoms with Gasteiger partial charge in [-0.2, -0.15) is 9.40 Å². The summed E-state index contributed by atoms with van der Waals surface area (Å²) in [4.78, 5) is 0.353. The Hall–Kier alpha value is -1.90. The molecule has 0 unspecified atom stereocenters. The quantitative estimate of drug-likeness (QED) is 0.877. The lowest BCUT2D eigenvalue weighted by Gasteiger charge is -2.23. The van der Waals surface area contributed by atoms with Gasteiger partial charge in [0.2, 0.25) is 10.0 Å². The molecule has 0 bridgehead atoms. The Labute approximate surface area is 154 Å². The molecule has 0 amide bonds. The number of hydrogen-bond acceptors (Lipinski definition) is 5. The van der Waals surface area contributed by atoms with Crippen LogP contribution >= 0.6 is 0 Å². The number of sulfonamides is 1. The minimum absolute atomic E-state index is 0.150. The second-order valence-corrected chi connectivity index (χ2v) is 8.55. The maximum atomic E-state index is 13.4. The van der Waals surface area contributed by atoms with Crippen LogP contribution in [0.3, 0.4) is 0 Å². The van der Waals surface area contributed by atoms with Crippen molar-refractivity contribution in [2.75, 3.05) is 13.7 Å². The van der Waals surface area contributed by atoms with Crippen molar-refractivity contribution in [1.29, 1.82) is 0 Å². The lowest BCUT2D eigenvalue weighted by molar-refractivity contribution is 0.275. The summed E-state index contributed by atoms with van der Waals surface area (Å²) >= 11 is 0. The second kappa shape index (κ2) is 7.02. The van der Waals surface area contributed by atoms with Crippen molar-refractivity contribution in [3.63, 3.8) is 0 Å². The fraction of sp³-hybridized carbons (Fsp3) is 0.500. The number of aliphatic hydroxyl groups excluding tert-OH is 1. The van der Waals surface area contributed by atoms with E-state index in [-0.39, 0.29) is 13.2 Å². The van der Waals surface area contributed by atoms with Gasteiger partial charge in [-0.25, -0.2) is 8.42 Å². The molecule has 0 radical (unpaired) electrons. The van der Waals surface area contributed by atoms with Crippen molar-refractivity contribution in [1.82, 2.24) is 14.1 Å². The van der Waals surface area contributed by atoms with Crippen LogP contribution < -0.4 is 4.74 Å². The third-order valence-electron chi connectivity index (χ3n) is 4.99. The molecule has 1 aromatic carbocycles. The van der Waals surface area contributed by atoms with Crippen LogP contribution in [0.4, 0.5) is 0 Å². The minimum Gasteiger partial charge on any atom is -0.496 e. The number of benzene rings is 1. The molecule has 1 aliphatic rings. The van der Waals surface area contributed by atoms with E-state index in [1.165, 1.54) is 4.31 Å². The largest absolute Gasteiger partial charge is 0.496 e. The Morgan fingerprint density at radius 3 is 2.58 bits per heavy atom. The van der Waals surface area contributed by atoms with Gasteiger partial charge in [0.1, 0.15) is 5.75 Å². The normalized spacial score (nSPS) is 15.6. The predicted molar refractivity (Wildman–Crippen MR) is 97.6 cm³/mol. The third kappa shape index (κ3) is 3.13. The lowest BCUT2D eigenvalue weighted by Crippen LogP contribution is -2.32. The van der Waals surface area contributed by atoms with Crippen molar-refractivity contribution in [2.24, 2.45) is 0 Å². The zero-order valence-corrected chi connectivity index (χ0v) is 16.4. The molecule has 0 spiro atoms. The average molecular weight is 379 g/mol. The van der Waals surface area contributed by atoms with Crippen LogP contribution in [-0.4, -0.2) is 41.3 Å². The van der Waals surface area contributed by atoms with E-state index >= 15 is 0 Å². The molecule has 0 atom stereocenters. The fourth-order valence-corrected chi connectivity index (χ4v) is 5.47. The summed E-state index contributed by atoms with van der Waals surface area (Å²) in [7, 11) is -2.07. The van der Waals surface area contributed by atoms with E-state index in [0.29, 0.717) is 41.4 Å². The van der Waals surface area contributed by atoms with E-state index in [2.05, 4.69) is 5.10 Å². The fourth-order valence-electron chi connectivity index (χ4n) is 3.53. The molecule has 0 saturated carbocycles. The number of rotatable bonds is 4. The van der Waals surface area contributed by atoms with Gasteiger partial charge in [0.25, 0.3) is 0 Å². The Bertz CT molecular complexity index is 934. The molecule has 0 fully saturated rings. The van der Waals surface area contributed by atoms with Gasteiger partial charge in [0.05, 0.1) is 36.5 Å². The van der Waals surface area contributed by atoms with E-state index < -0.39 is 10.0 Å². The smallest absolute Gasteiger partial charge is 0.243 e. The Balaban J connectivity index is 2.04. The first kappa shape index (κ1) is 18.9. The van der Waals surface area contributed by atoms with Crippen molar-refractivity contribution >= 4 is 10.0 Å². The molecule has 1 N–H and O–H groups in total. The van der Waals surface area contributed by atoms with Crippen LogP contribution in [-0.2, 0) is 29.7 Å². The SMILES string of the molecule is COc1cc(C)c(S(=O)(=O)N2CCCn3nc(CO)cc3C2)c(C)c1C. The monoisotopic (exact) mass is 379 g/mol. The van der Waals surface area contributed by atoms with E-state index in [9.17, 15) is 13.5 Å². The molecule has 2 aromatic rings. The van der Waals surface area contributed by atoms with Gasteiger partial charge in [-0.15, -0.1) is 0 Å². The first-order valence-electron chi connectivity index (χ1n) is 8.61. The van der Waals surface area contributed by atoms with Gasteiger partial charge < -0.3 is 9.84 Å². The van der Waals surface area contributed by atoms with Gasteiger partial charge in [-0.3, -0.25) is 4.68 Å². The highest BCUT2D eigenvalue weighted by Crippen LogP contribution is 2.33. The summed E-state index contributed by atoms with van der Waals surface area (Å²) in [6.45, 7) is 6.67. The zero-order valence-electron chi connectivity index (χ0n) is 15.6. The molecule has 0 saturated heterocycles. The number of aliphatic hydroxyl groups is 1. The highest BCUT2D eigenvalue weighted by Gasteiger charge is 2.31. The number of methoxy groups -OCH3 is 1. The minimum atomic E-state index is -3.66. The van der Waals surface area contributed by atoms with Gasteiger partial charge in [-0.1, -0.05) is 0 Å². The maximum Gasteiger partial charge on any atom is 0.243 e. The van der Waals surface area contributed by atoms with Crippen LogP contribution in [0.5, 0.6) is 5.75 Å². The predicted octanol–water partition coefficient (Wildman–Crippen LogP) is 1.90. The molecule has 26 heavy (non-hydrogen) atoms. The van der Waals surface area contributed by atoms with E-state index in [0.717, 1.165) is 16.8 Å². The summed E-state index contributed by atoms with van der Waals surface area (Å²) in [6, 6.07) is 3.55. The Morgan fingerprint density at radius 1 is 1.19 bits per heavy atom. The van der Waals surface area contributed by atoms with Gasteiger partial charge in [0, 0.05) is 13.1 Å². The third-order valence-corrected chi connectivity index (χ3v) is 7.12. The number of aryl methyl sites for hydroxylation is 2. The molecule has 3 rings (SSSR count). The van der Waals surface area contributed by atoms with E-state index in [4.69, 9.17) is 4.74 Å². The number of ether oxygens (including phenoxy) is 1. The van der Waals surface area contributed by atoms with Crippen molar-refractivity contribution < 1.29 is 18.3 Å². The number of hydrogen-bond donors (Lipinski definition) is 1. The zero-order chi connectivity index (χ0) is 19.1. The summed E-state index contributed by atoms with van der Waals surface area (Å²) in [6.07, 6.45) is 0.673. The molecule has 2 heterocycles. The van der Waals surface area contributed by atoms with Crippen LogP contribution in [0.15, 0.2) is 17.0 Å². The topological polar surface area (TPSA) is 84.7 Å². The molecule has 0 aliphatic carbocycles.